The molecule has 1 fully saturated rings. The van der Waals surface area contributed by atoms with Crippen LogP contribution in [0.3, 0.4) is 0 Å². The number of fused-ring (bicyclic) bond motifs is 1. The first-order valence-corrected chi connectivity index (χ1v) is 8.38. The van der Waals surface area contributed by atoms with E-state index in [-0.39, 0.29) is 11.8 Å². The van der Waals surface area contributed by atoms with Crippen molar-refractivity contribution in [2.45, 2.75) is 19.4 Å². The van der Waals surface area contributed by atoms with E-state index in [1.807, 2.05) is 24.3 Å². The van der Waals surface area contributed by atoms with Crippen molar-refractivity contribution in [2.75, 3.05) is 31.9 Å². The fourth-order valence-corrected chi connectivity index (χ4v) is 3.17. The zero-order valence-electron chi connectivity index (χ0n) is 13.7. The molecule has 1 aliphatic heterocycles. The van der Waals surface area contributed by atoms with E-state index in [9.17, 15) is 4.79 Å². The summed E-state index contributed by atoms with van der Waals surface area (Å²) in [4.78, 5) is 23.4. The third-order valence-electron chi connectivity index (χ3n) is 4.36. The highest BCUT2D eigenvalue weighted by atomic mass is 16.1. The molecule has 0 bridgehead atoms. The molecule has 7 heteroatoms. The van der Waals surface area contributed by atoms with Crippen LogP contribution >= 0.6 is 0 Å². The van der Waals surface area contributed by atoms with Gasteiger partial charge in [0.25, 0.3) is 0 Å². The summed E-state index contributed by atoms with van der Waals surface area (Å²) in [6, 6.07) is 7.73. The number of anilines is 1. The molecule has 3 rings (SSSR count). The van der Waals surface area contributed by atoms with Crippen LogP contribution in [0.25, 0.3) is 10.9 Å². The molecule has 0 spiro atoms. The van der Waals surface area contributed by atoms with E-state index in [0.717, 1.165) is 30.3 Å². The second kappa shape index (κ2) is 7.55. The third-order valence-corrected chi connectivity index (χ3v) is 4.36. The number of benzene rings is 1. The zero-order chi connectivity index (χ0) is 16.9. The van der Waals surface area contributed by atoms with Crippen molar-refractivity contribution in [1.29, 1.82) is 0 Å². The van der Waals surface area contributed by atoms with Gasteiger partial charge in [-0.05, 0) is 31.5 Å². The first kappa shape index (κ1) is 16.6. The predicted molar refractivity (Wildman–Crippen MR) is 94.0 cm³/mol. The number of nitrogens with zero attached hydrogens (tertiary/aromatic N) is 3. The summed E-state index contributed by atoms with van der Waals surface area (Å²) in [5, 5.41) is 3.75. The lowest BCUT2D eigenvalue weighted by Crippen LogP contribution is -2.43. The van der Waals surface area contributed by atoms with Crippen molar-refractivity contribution in [3.63, 3.8) is 0 Å². The van der Waals surface area contributed by atoms with Gasteiger partial charge >= 0.3 is 0 Å². The van der Waals surface area contributed by atoms with Crippen molar-refractivity contribution < 1.29 is 4.79 Å². The van der Waals surface area contributed by atoms with Gasteiger partial charge in [-0.1, -0.05) is 12.1 Å². The van der Waals surface area contributed by atoms with Gasteiger partial charge in [-0.25, -0.2) is 9.97 Å². The lowest BCUT2D eigenvalue weighted by molar-refractivity contribution is -0.126. The number of aromatic nitrogens is 2. The maximum absolute atomic E-state index is 12.1. The molecular weight excluding hydrogens is 304 g/mol. The smallest absolute Gasteiger partial charge is 0.224 e. The average Bonchev–Trinajstić information content (AvgIpc) is 2.60. The van der Waals surface area contributed by atoms with Crippen LogP contribution in [0, 0.1) is 5.92 Å². The highest BCUT2D eigenvalue weighted by Crippen LogP contribution is 2.21. The average molecular weight is 328 g/mol. The fraction of sp³-hybridized carbons (Fsp3) is 0.471. The van der Waals surface area contributed by atoms with E-state index in [4.69, 9.17) is 11.5 Å². The van der Waals surface area contributed by atoms with Crippen molar-refractivity contribution in [3.05, 3.63) is 30.1 Å². The Morgan fingerprint density at radius 3 is 3.00 bits per heavy atom. The van der Waals surface area contributed by atoms with Gasteiger partial charge in [-0.3, -0.25) is 9.69 Å². The second-order valence-electron chi connectivity index (χ2n) is 6.20. The van der Waals surface area contributed by atoms with Crippen LogP contribution in [0.1, 0.15) is 18.7 Å². The maximum atomic E-state index is 12.1. The quantitative estimate of drug-likeness (QED) is 0.737. The highest BCUT2D eigenvalue weighted by Gasteiger charge is 2.26. The van der Waals surface area contributed by atoms with Gasteiger partial charge in [0, 0.05) is 25.0 Å². The van der Waals surface area contributed by atoms with Crippen LogP contribution in [0.2, 0.25) is 0 Å². The minimum absolute atomic E-state index is 0.00287. The third kappa shape index (κ3) is 3.80. The monoisotopic (exact) mass is 328 g/mol. The number of hydrogen-bond donors (Lipinski definition) is 3. The van der Waals surface area contributed by atoms with Gasteiger partial charge < -0.3 is 16.8 Å². The summed E-state index contributed by atoms with van der Waals surface area (Å²) in [5.74, 6) is 1.30. The van der Waals surface area contributed by atoms with E-state index in [2.05, 4.69) is 20.2 Å². The molecule has 1 aliphatic rings. The van der Waals surface area contributed by atoms with Crippen molar-refractivity contribution in [1.82, 2.24) is 20.2 Å². The van der Waals surface area contributed by atoms with E-state index in [0.29, 0.717) is 37.8 Å². The normalized spacial score (nSPS) is 18.6. The molecule has 2 aromatic rings. The summed E-state index contributed by atoms with van der Waals surface area (Å²) in [6.45, 7) is 3.25. The molecule has 7 nitrogen and oxygen atoms in total. The number of carbonyl (C=O) groups excluding carboxylic acids is 1. The number of hydrogen-bond acceptors (Lipinski definition) is 6. The van der Waals surface area contributed by atoms with Crippen LogP contribution in [-0.4, -0.2) is 47.0 Å². The maximum Gasteiger partial charge on any atom is 0.224 e. The standard InChI is InChI=1S/C17H24N6O/c18-7-8-20-17(24)12-4-3-9-23(10-12)11-15-21-14-6-2-1-5-13(14)16(19)22-15/h1-2,5-6,12H,3-4,7-11,18H2,(H,20,24)(H2,19,21,22). The molecule has 0 radical (unpaired) electrons. The Hall–Kier alpha value is -2.25. The molecule has 1 aromatic heterocycles. The summed E-state index contributed by atoms with van der Waals surface area (Å²) < 4.78 is 0. The molecule has 1 saturated heterocycles. The first-order chi connectivity index (χ1) is 11.7. The largest absolute Gasteiger partial charge is 0.383 e. The molecule has 1 unspecified atom stereocenters. The van der Waals surface area contributed by atoms with Crippen molar-refractivity contribution >= 4 is 22.6 Å². The number of carbonyl (C=O) groups is 1. The Bertz CT molecular complexity index is 719. The van der Waals surface area contributed by atoms with Gasteiger partial charge in [-0.2, -0.15) is 0 Å². The Labute approximate surface area is 141 Å². The number of para-hydroxylation sites is 1. The number of nitrogen functional groups attached to an aromatic ring is 1. The van der Waals surface area contributed by atoms with E-state index >= 15 is 0 Å². The first-order valence-electron chi connectivity index (χ1n) is 8.38. The van der Waals surface area contributed by atoms with E-state index in [1.54, 1.807) is 0 Å². The number of amides is 1. The summed E-state index contributed by atoms with van der Waals surface area (Å²) in [6.07, 6.45) is 1.90. The zero-order valence-corrected chi connectivity index (χ0v) is 13.7. The Kier molecular flexibility index (Phi) is 5.22. The molecule has 1 atom stereocenters. The second-order valence-corrected chi connectivity index (χ2v) is 6.20. The molecule has 2 heterocycles. The molecule has 1 amide bonds. The molecule has 128 valence electrons. The van der Waals surface area contributed by atoms with Gasteiger partial charge in [0.1, 0.15) is 11.6 Å². The van der Waals surface area contributed by atoms with E-state index < -0.39 is 0 Å². The minimum Gasteiger partial charge on any atom is -0.383 e. The Morgan fingerprint density at radius 2 is 2.17 bits per heavy atom. The number of piperidine rings is 1. The van der Waals surface area contributed by atoms with E-state index in [1.165, 1.54) is 0 Å². The fourth-order valence-electron chi connectivity index (χ4n) is 3.17. The molecular formula is C17H24N6O. The minimum atomic E-state index is 0.00287. The number of likely N-dealkylation sites (tertiary alicyclic amines) is 1. The van der Waals surface area contributed by atoms with Crippen LogP contribution in [-0.2, 0) is 11.3 Å². The SMILES string of the molecule is NCCNC(=O)C1CCCN(Cc2nc(N)c3ccccc3n2)C1. The van der Waals surface area contributed by atoms with Crippen LogP contribution in [0.5, 0.6) is 0 Å². The summed E-state index contributed by atoms with van der Waals surface area (Å²) in [5.41, 5.74) is 12.3. The van der Waals surface area contributed by atoms with Gasteiger partial charge in [-0.15, -0.1) is 0 Å². The van der Waals surface area contributed by atoms with Crippen molar-refractivity contribution in [2.24, 2.45) is 11.7 Å². The van der Waals surface area contributed by atoms with Gasteiger partial charge in [0.15, 0.2) is 0 Å². The van der Waals surface area contributed by atoms with Gasteiger partial charge in [0.05, 0.1) is 18.0 Å². The lowest BCUT2D eigenvalue weighted by Gasteiger charge is -2.31. The number of nitrogens with two attached hydrogens (primary N) is 2. The Morgan fingerprint density at radius 1 is 1.33 bits per heavy atom. The number of nitrogens with one attached hydrogen (secondary N) is 1. The Balaban J connectivity index is 1.68. The predicted octanol–water partition coefficient (Wildman–Crippen LogP) is 0.499. The van der Waals surface area contributed by atoms with Gasteiger partial charge in [0.2, 0.25) is 5.91 Å². The van der Waals surface area contributed by atoms with Crippen LogP contribution < -0.4 is 16.8 Å². The lowest BCUT2D eigenvalue weighted by atomic mass is 9.97. The van der Waals surface area contributed by atoms with Crippen molar-refractivity contribution in [3.8, 4) is 0 Å². The topological polar surface area (TPSA) is 110 Å². The highest BCUT2D eigenvalue weighted by molar-refractivity contribution is 5.87. The summed E-state index contributed by atoms with van der Waals surface area (Å²) >= 11 is 0. The number of rotatable bonds is 5. The molecule has 0 saturated carbocycles. The molecule has 24 heavy (non-hydrogen) atoms. The van der Waals surface area contributed by atoms with Crippen LogP contribution in [0.4, 0.5) is 5.82 Å². The molecule has 0 aliphatic carbocycles. The summed E-state index contributed by atoms with van der Waals surface area (Å²) in [7, 11) is 0. The molecule has 1 aromatic carbocycles. The van der Waals surface area contributed by atoms with Crippen LogP contribution in [0.15, 0.2) is 24.3 Å². The molecule has 5 N–H and O–H groups in total.